The molecule has 2 heterocycles. The van der Waals surface area contributed by atoms with Gasteiger partial charge in [-0.2, -0.15) is 5.10 Å². The van der Waals surface area contributed by atoms with E-state index in [-0.39, 0.29) is 6.04 Å². The highest BCUT2D eigenvalue weighted by Crippen LogP contribution is 2.15. The molecular weight excluding hydrogens is 230 g/mol. The van der Waals surface area contributed by atoms with Crippen molar-refractivity contribution in [2.75, 3.05) is 37.7 Å². The van der Waals surface area contributed by atoms with Crippen LogP contribution in [0.15, 0.2) is 0 Å². The van der Waals surface area contributed by atoms with Crippen LogP contribution < -0.4 is 10.2 Å². The van der Waals surface area contributed by atoms with Crippen LogP contribution >= 0.6 is 0 Å². The minimum atomic E-state index is 0.280. The number of ether oxygens (including phenoxy) is 1. The molecule has 0 saturated carbocycles. The molecule has 6 heteroatoms. The van der Waals surface area contributed by atoms with Crippen molar-refractivity contribution in [2.24, 2.45) is 0 Å². The molecule has 0 aliphatic carbocycles. The Morgan fingerprint density at radius 1 is 1.33 bits per heavy atom. The Labute approximate surface area is 108 Å². The average Bonchev–Trinajstić information content (AvgIpc) is 2.40. The summed E-state index contributed by atoms with van der Waals surface area (Å²) >= 11 is 0. The summed E-state index contributed by atoms with van der Waals surface area (Å²) in [7, 11) is 0. The van der Waals surface area contributed by atoms with Crippen molar-refractivity contribution >= 4 is 5.95 Å². The number of aromatic nitrogens is 3. The predicted molar refractivity (Wildman–Crippen MR) is 69.8 cm³/mol. The molecule has 1 unspecified atom stereocenters. The molecule has 0 radical (unpaired) electrons. The molecule has 1 aromatic rings. The zero-order chi connectivity index (χ0) is 13.0. The molecule has 1 N–H and O–H groups in total. The van der Waals surface area contributed by atoms with Crippen LogP contribution in [0.5, 0.6) is 0 Å². The van der Waals surface area contributed by atoms with Gasteiger partial charge in [0, 0.05) is 13.1 Å². The minimum Gasteiger partial charge on any atom is -0.377 e. The number of anilines is 1. The second-order valence-electron chi connectivity index (χ2n) is 4.51. The molecule has 1 aromatic heterocycles. The molecule has 1 fully saturated rings. The van der Waals surface area contributed by atoms with E-state index in [1.54, 1.807) is 0 Å². The SMILES string of the molecule is CCNCC1COCCN1c1nnc(C)c(C)n1. The molecule has 1 aliphatic heterocycles. The van der Waals surface area contributed by atoms with Crippen LogP contribution in [0, 0.1) is 13.8 Å². The first-order chi connectivity index (χ1) is 8.72. The summed E-state index contributed by atoms with van der Waals surface area (Å²) in [5.41, 5.74) is 1.82. The van der Waals surface area contributed by atoms with Crippen LogP contribution in [0.25, 0.3) is 0 Å². The van der Waals surface area contributed by atoms with E-state index in [4.69, 9.17) is 4.74 Å². The Bertz CT molecular complexity index is 398. The molecule has 100 valence electrons. The van der Waals surface area contributed by atoms with E-state index in [1.165, 1.54) is 0 Å². The summed E-state index contributed by atoms with van der Waals surface area (Å²) in [5.74, 6) is 0.712. The zero-order valence-electron chi connectivity index (χ0n) is 11.3. The van der Waals surface area contributed by atoms with Gasteiger partial charge >= 0.3 is 0 Å². The predicted octanol–water partition coefficient (Wildman–Crippen LogP) is 0.303. The van der Waals surface area contributed by atoms with Crippen molar-refractivity contribution in [1.82, 2.24) is 20.5 Å². The molecule has 0 amide bonds. The third-order valence-corrected chi connectivity index (χ3v) is 3.20. The summed E-state index contributed by atoms with van der Waals surface area (Å²) in [5, 5.41) is 11.7. The molecule has 1 saturated heterocycles. The largest absolute Gasteiger partial charge is 0.377 e. The van der Waals surface area contributed by atoms with E-state index in [0.29, 0.717) is 12.6 Å². The van der Waals surface area contributed by atoms with Gasteiger partial charge in [-0.05, 0) is 20.4 Å². The van der Waals surface area contributed by atoms with E-state index < -0.39 is 0 Å². The number of rotatable bonds is 4. The van der Waals surface area contributed by atoms with Crippen LogP contribution in [0.1, 0.15) is 18.3 Å². The standard InChI is InChI=1S/C12H21N5O/c1-4-13-7-11-8-18-6-5-17(11)12-14-9(2)10(3)15-16-12/h11,13H,4-8H2,1-3H3. The quantitative estimate of drug-likeness (QED) is 0.830. The van der Waals surface area contributed by atoms with Gasteiger partial charge in [-0.1, -0.05) is 6.92 Å². The highest BCUT2D eigenvalue weighted by molar-refractivity contribution is 5.32. The highest BCUT2D eigenvalue weighted by Gasteiger charge is 2.25. The normalized spacial score (nSPS) is 20.2. The second kappa shape index (κ2) is 6.06. The second-order valence-corrected chi connectivity index (χ2v) is 4.51. The first-order valence-electron chi connectivity index (χ1n) is 6.45. The summed E-state index contributed by atoms with van der Waals surface area (Å²) in [6, 6.07) is 0.280. The first kappa shape index (κ1) is 13.2. The minimum absolute atomic E-state index is 0.280. The lowest BCUT2D eigenvalue weighted by atomic mass is 10.2. The Morgan fingerprint density at radius 2 is 2.17 bits per heavy atom. The topological polar surface area (TPSA) is 63.2 Å². The smallest absolute Gasteiger partial charge is 0.246 e. The Kier molecular flexibility index (Phi) is 4.43. The van der Waals surface area contributed by atoms with Crippen LogP contribution in [0.4, 0.5) is 5.95 Å². The summed E-state index contributed by atoms with van der Waals surface area (Å²) in [4.78, 5) is 6.71. The fourth-order valence-corrected chi connectivity index (χ4v) is 1.97. The van der Waals surface area contributed by atoms with Crippen molar-refractivity contribution < 1.29 is 4.74 Å². The van der Waals surface area contributed by atoms with Gasteiger partial charge in [0.25, 0.3) is 0 Å². The van der Waals surface area contributed by atoms with Crippen molar-refractivity contribution in [2.45, 2.75) is 26.8 Å². The van der Waals surface area contributed by atoms with Gasteiger partial charge in [-0.3, -0.25) is 0 Å². The maximum Gasteiger partial charge on any atom is 0.246 e. The third kappa shape index (κ3) is 2.94. The van der Waals surface area contributed by atoms with Crippen LogP contribution in [0.3, 0.4) is 0 Å². The summed E-state index contributed by atoms with van der Waals surface area (Å²) in [6.07, 6.45) is 0. The summed E-state index contributed by atoms with van der Waals surface area (Å²) in [6.45, 7) is 10.1. The van der Waals surface area contributed by atoms with E-state index in [9.17, 15) is 0 Å². The van der Waals surface area contributed by atoms with Crippen LogP contribution in [-0.2, 0) is 4.74 Å². The van der Waals surface area contributed by atoms with Gasteiger partial charge in [-0.25, -0.2) is 4.98 Å². The van der Waals surface area contributed by atoms with Gasteiger partial charge in [-0.15, -0.1) is 5.10 Å². The zero-order valence-corrected chi connectivity index (χ0v) is 11.3. The van der Waals surface area contributed by atoms with Gasteiger partial charge < -0.3 is 15.0 Å². The monoisotopic (exact) mass is 251 g/mol. The van der Waals surface area contributed by atoms with Gasteiger partial charge in [0.1, 0.15) is 0 Å². The van der Waals surface area contributed by atoms with Crippen LogP contribution in [-0.4, -0.2) is 54.1 Å². The number of hydrogen-bond donors (Lipinski definition) is 1. The van der Waals surface area contributed by atoms with Crippen molar-refractivity contribution in [3.05, 3.63) is 11.4 Å². The molecule has 0 bridgehead atoms. The number of morpholine rings is 1. The average molecular weight is 251 g/mol. The number of likely N-dealkylation sites (N-methyl/N-ethyl adjacent to an activating group) is 1. The van der Waals surface area contributed by atoms with Gasteiger partial charge in [0.2, 0.25) is 5.95 Å². The first-order valence-corrected chi connectivity index (χ1v) is 6.45. The Balaban J connectivity index is 2.14. The van der Waals surface area contributed by atoms with Crippen molar-refractivity contribution in [3.63, 3.8) is 0 Å². The van der Waals surface area contributed by atoms with Crippen molar-refractivity contribution in [3.8, 4) is 0 Å². The van der Waals surface area contributed by atoms with E-state index in [1.807, 2.05) is 13.8 Å². The molecule has 2 rings (SSSR count). The third-order valence-electron chi connectivity index (χ3n) is 3.20. The number of aryl methyl sites for hydroxylation is 2. The fraction of sp³-hybridized carbons (Fsp3) is 0.750. The molecule has 1 atom stereocenters. The Hall–Kier alpha value is -1.27. The summed E-state index contributed by atoms with van der Waals surface area (Å²) < 4.78 is 5.53. The maximum atomic E-state index is 5.53. The Morgan fingerprint density at radius 3 is 2.89 bits per heavy atom. The molecular formula is C12H21N5O. The number of nitrogens with zero attached hydrogens (tertiary/aromatic N) is 4. The number of nitrogens with one attached hydrogen (secondary N) is 1. The molecule has 0 aromatic carbocycles. The lowest BCUT2D eigenvalue weighted by molar-refractivity contribution is 0.0929. The maximum absolute atomic E-state index is 5.53. The lowest BCUT2D eigenvalue weighted by Crippen LogP contribution is -2.51. The van der Waals surface area contributed by atoms with Gasteiger partial charge in [0.15, 0.2) is 0 Å². The molecule has 1 aliphatic rings. The molecule has 18 heavy (non-hydrogen) atoms. The van der Waals surface area contributed by atoms with E-state index in [2.05, 4.69) is 32.3 Å². The molecule has 0 spiro atoms. The van der Waals surface area contributed by atoms with Gasteiger partial charge in [0.05, 0.1) is 30.6 Å². The fourth-order valence-electron chi connectivity index (χ4n) is 1.97. The highest BCUT2D eigenvalue weighted by atomic mass is 16.5. The van der Waals surface area contributed by atoms with Crippen molar-refractivity contribution in [1.29, 1.82) is 0 Å². The lowest BCUT2D eigenvalue weighted by Gasteiger charge is -2.35. The molecule has 6 nitrogen and oxygen atoms in total. The van der Waals surface area contributed by atoms with E-state index >= 15 is 0 Å². The van der Waals surface area contributed by atoms with Crippen LogP contribution in [0.2, 0.25) is 0 Å². The number of hydrogen-bond acceptors (Lipinski definition) is 6. The van der Waals surface area contributed by atoms with E-state index in [0.717, 1.165) is 37.6 Å².